The Morgan fingerprint density at radius 1 is 1.07 bits per heavy atom. The Balaban J connectivity index is 1.59. The third kappa shape index (κ3) is 3.84. The highest BCUT2D eigenvalue weighted by Crippen LogP contribution is 2.24. The van der Waals surface area contributed by atoms with E-state index in [4.69, 9.17) is 0 Å². The number of benzene rings is 1. The van der Waals surface area contributed by atoms with Crippen molar-refractivity contribution in [1.29, 1.82) is 0 Å². The fourth-order valence-electron chi connectivity index (χ4n) is 3.86. The summed E-state index contributed by atoms with van der Waals surface area (Å²) in [5.74, 6) is 0.465. The van der Waals surface area contributed by atoms with E-state index in [1.165, 1.54) is 41.9 Å². The number of Topliss-reactive ketones (excluding diaryl/α,β-unsaturated/α-hetero) is 1. The Morgan fingerprint density at radius 3 is 2.41 bits per heavy atom. The molecule has 0 spiro atoms. The van der Waals surface area contributed by atoms with Gasteiger partial charge in [-0.1, -0.05) is 12.1 Å². The monoisotopic (exact) mass is 416 g/mol. The highest BCUT2D eigenvalue weighted by Gasteiger charge is 2.31. The molecule has 1 aromatic heterocycles. The number of nitrogens with one attached hydrogen (secondary N) is 1. The largest absolute Gasteiger partial charge is 0.342 e. The molecule has 0 radical (unpaired) electrons. The summed E-state index contributed by atoms with van der Waals surface area (Å²) in [5.41, 5.74) is 1.26. The van der Waals surface area contributed by atoms with Crippen molar-refractivity contribution in [3.05, 3.63) is 51.4 Å². The summed E-state index contributed by atoms with van der Waals surface area (Å²) >= 11 is 0. The lowest BCUT2D eigenvalue weighted by molar-refractivity contribution is 0.101. The maximum absolute atomic E-state index is 13.0. The molecule has 154 valence electrons. The molecule has 2 aromatic rings. The quantitative estimate of drug-likeness (QED) is 0.761. The predicted molar refractivity (Wildman–Crippen MR) is 109 cm³/mol. The summed E-state index contributed by atoms with van der Waals surface area (Å²) in [4.78, 5) is 33.8. The van der Waals surface area contributed by atoms with Crippen LogP contribution in [0.3, 0.4) is 0 Å². The SMILES string of the molecule is CC(=O)c1ccc(S(=O)(=O)N2CCc3nc(N4CCCCC4)[nH]c(=O)c3C2)cc1. The molecule has 1 saturated heterocycles. The van der Waals surface area contributed by atoms with Gasteiger partial charge in [0.25, 0.3) is 5.56 Å². The molecule has 0 unspecified atom stereocenters. The number of carbonyl (C=O) groups excluding carboxylic acids is 1. The van der Waals surface area contributed by atoms with Crippen molar-refractivity contribution < 1.29 is 13.2 Å². The normalized spacial score (nSPS) is 17.8. The molecule has 9 heteroatoms. The molecule has 3 heterocycles. The number of ketones is 1. The van der Waals surface area contributed by atoms with Crippen molar-refractivity contribution >= 4 is 21.8 Å². The Hall–Kier alpha value is -2.52. The number of anilines is 1. The van der Waals surface area contributed by atoms with Crippen LogP contribution >= 0.6 is 0 Å². The second-order valence-corrected chi connectivity index (χ2v) is 9.47. The predicted octanol–water partition coefficient (Wildman–Crippen LogP) is 1.71. The molecule has 0 bridgehead atoms. The smallest absolute Gasteiger partial charge is 0.257 e. The van der Waals surface area contributed by atoms with Crippen LogP contribution in [-0.4, -0.2) is 48.1 Å². The van der Waals surface area contributed by atoms with Crippen LogP contribution < -0.4 is 10.5 Å². The first-order valence-corrected chi connectivity index (χ1v) is 11.3. The Bertz CT molecular complexity index is 1090. The fraction of sp³-hybridized carbons (Fsp3) is 0.450. The maximum Gasteiger partial charge on any atom is 0.257 e. The van der Waals surface area contributed by atoms with E-state index in [0.717, 1.165) is 25.9 Å². The van der Waals surface area contributed by atoms with Crippen LogP contribution in [0.5, 0.6) is 0 Å². The number of hydrogen-bond donors (Lipinski definition) is 1. The van der Waals surface area contributed by atoms with Gasteiger partial charge in [-0.2, -0.15) is 4.31 Å². The lowest BCUT2D eigenvalue weighted by atomic mass is 10.1. The zero-order valence-corrected chi connectivity index (χ0v) is 17.2. The van der Waals surface area contributed by atoms with Gasteiger partial charge in [0.15, 0.2) is 5.78 Å². The van der Waals surface area contributed by atoms with Gasteiger partial charge in [-0.25, -0.2) is 13.4 Å². The van der Waals surface area contributed by atoms with Gasteiger partial charge in [-0.3, -0.25) is 14.6 Å². The summed E-state index contributed by atoms with van der Waals surface area (Å²) in [7, 11) is -3.76. The van der Waals surface area contributed by atoms with Gasteiger partial charge in [0.05, 0.1) is 16.2 Å². The van der Waals surface area contributed by atoms with Gasteiger partial charge in [0.2, 0.25) is 16.0 Å². The van der Waals surface area contributed by atoms with Crippen LogP contribution in [0.1, 0.15) is 47.8 Å². The first-order chi connectivity index (χ1) is 13.9. The minimum Gasteiger partial charge on any atom is -0.342 e. The molecule has 0 saturated carbocycles. The van der Waals surface area contributed by atoms with E-state index in [9.17, 15) is 18.0 Å². The van der Waals surface area contributed by atoms with Crippen molar-refractivity contribution in [1.82, 2.24) is 14.3 Å². The molecule has 0 amide bonds. The number of hydrogen-bond acceptors (Lipinski definition) is 6. The molecule has 29 heavy (non-hydrogen) atoms. The summed E-state index contributed by atoms with van der Waals surface area (Å²) < 4.78 is 27.3. The number of fused-ring (bicyclic) bond motifs is 1. The number of aromatic nitrogens is 2. The molecule has 2 aliphatic rings. The van der Waals surface area contributed by atoms with Crippen molar-refractivity contribution in [2.45, 2.75) is 44.0 Å². The van der Waals surface area contributed by atoms with E-state index in [-0.39, 0.29) is 29.3 Å². The molecular weight excluding hydrogens is 392 g/mol. The minimum atomic E-state index is -3.76. The third-order valence-corrected chi connectivity index (χ3v) is 7.43. The summed E-state index contributed by atoms with van der Waals surface area (Å²) in [5, 5.41) is 0. The first-order valence-electron chi connectivity index (χ1n) is 9.84. The van der Waals surface area contributed by atoms with Gasteiger partial charge in [-0.15, -0.1) is 0 Å². The number of aromatic amines is 1. The number of rotatable bonds is 4. The molecule has 0 aliphatic carbocycles. The number of H-pyrrole nitrogens is 1. The van der Waals surface area contributed by atoms with Gasteiger partial charge in [-0.05, 0) is 38.3 Å². The maximum atomic E-state index is 13.0. The lowest BCUT2D eigenvalue weighted by Gasteiger charge is -2.30. The summed E-state index contributed by atoms with van der Waals surface area (Å²) in [6, 6.07) is 5.88. The van der Waals surface area contributed by atoms with Gasteiger partial charge >= 0.3 is 0 Å². The lowest BCUT2D eigenvalue weighted by Crippen LogP contribution is -2.41. The number of piperidine rings is 1. The van der Waals surface area contributed by atoms with Crippen molar-refractivity contribution in [3.63, 3.8) is 0 Å². The number of sulfonamides is 1. The minimum absolute atomic E-state index is 0.00522. The zero-order valence-electron chi connectivity index (χ0n) is 16.3. The first kappa shape index (κ1) is 19.8. The molecule has 2 aliphatic heterocycles. The van der Waals surface area contributed by atoms with Gasteiger partial charge < -0.3 is 4.90 Å². The van der Waals surface area contributed by atoms with Gasteiger partial charge in [0, 0.05) is 38.2 Å². The van der Waals surface area contributed by atoms with Crippen LogP contribution in [0.2, 0.25) is 0 Å². The van der Waals surface area contributed by atoms with Crippen LogP contribution in [0, 0.1) is 0 Å². The molecular formula is C20H24N4O4S. The second kappa shape index (κ2) is 7.72. The molecule has 8 nitrogen and oxygen atoms in total. The molecule has 1 fully saturated rings. The van der Waals surface area contributed by atoms with Gasteiger partial charge in [0.1, 0.15) is 0 Å². The number of carbonyl (C=O) groups is 1. The van der Waals surface area contributed by atoms with E-state index < -0.39 is 10.0 Å². The zero-order chi connectivity index (χ0) is 20.6. The highest BCUT2D eigenvalue weighted by molar-refractivity contribution is 7.89. The van der Waals surface area contributed by atoms with Crippen molar-refractivity contribution in [2.24, 2.45) is 0 Å². The number of nitrogens with zero attached hydrogens (tertiary/aromatic N) is 3. The van der Waals surface area contributed by atoms with Crippen molar-refractivity contribution in [2.75, 3.05) is 24.5 Å². The third-order valence-electron chi connectivity index (χ3n) is 5.58. The molecule has 1 N–H and O–H groups in total. The molecule has 4 rings (SSSR count). The van der Waals surface area contributed by atoms with Crippen molar-refractivity contribution in [3.8, 4) is 0 Å². The standard InChI is InChI=1S/C20H24N4O4S/c1-14(25)15-5-7-16(8-6-15)29(27,28)24-12-9-18-17(13-24)19(26)22-20(21-18)23-10-3-2-4-11-23/h5-8H,2-4,9-13H2,1H3,(H,21,22,26). The Morgan fingerprint density at radius 2 is 1.76 bits per heavy atom. The van der Waals surface area contributed by atoms with Crippen LogP contribution in [0.15, 0.2) is 34.0 Å². The van der Waals surface area contributed by atoms with Crippen LogP contribution in [-0.2, 0) is 23.0 Å². The van der Waals surface area contributed by atoms with E-state index in [2.05, 4.69) is 14.9 Å². The Kier molecular flexibility index (Phi) is 5.26. The van der Waals surface area contributed by atoms with E-state index in [1.807, 2.05) is 0 Å². The highest BCUT2D eigenvalue weighted by atomic mass is 32.2. The summed E-state index contributed by atoms with van der Waals surface area (Å²) in [6.07, 6.45) is 3.74. The van der Waals surface area contributed by atoms with Crippen LogP contribution in [0.4, 0.5) is 5.95 Å². The fourth-order valence-corrected chi connectivity index (χ4v) is 5.27. The Labute approximate surface area is 169 Å². The average Bonchev–Trinajstić information content (AvgIpc) is 2.74. The second-order valence-electron chi connectivity index (χ2n) is 7.53. The topological polar surface area (TPSA) is 103 Å². The summed E-state index contributed by atoms with van der Waals surface area (Å²) in [6.45, 7) is 3.44. The van der Waals surface area contributed by atoms with Crippen LogP contribution in [0.25, 0.3) is 0 Å². The molecule has 1 aromatic carbocycles. The van der Waals surface area contributed by atoms with E-state index in [1.54, 1.807) is 0 Å². The van der Waals surface area contributed by atoms with E-state index in [0.29, 0.717) is 29.2 Å². The molecule has 0 atom stereocenters. The van der Waals surface area contributed by atoms with E-state index >= 15 is 0 Å². The average molecular weight is 417 g/mol.